The van der Waals surface area contributed by atoms with E-state index in [4.69, 9.17) is 13.3 Å². The molecule has 0 saturated heterocycles. The van der Waals surface area contributed by atoms with Crippen molar-refractivity contribution in [2.75, 3.05) is 21.3 Å². The summed E-state index contributed by atoms with van der Waals surface area (Å²) in [5.74, 6) is 0. The maximum Gasteiger partial charge on any atom is 0.537 e. The lowest BCUT2D eigenvalue weighted by Gasteiger charge is -2.27. The van der Waals surface area contributed by atoms with E-state index >= 15 is 0 Å². The van der Waals surface area contributed by atoms with E-state index in [1.54, 1.807) is 21.3 Å². The van der Waals surface area contributed by atoms with E-state index in [0.29, 0.717) is 0 Å². The minimum absolute atomic E-state index is 0.984. The SMILES string of the molecule is CCCn1cccc1-c1ccccc1[Si](OC)(OC)OC. The first-order chi connectivity index (χ1) is 10.2. The minimum atomic E-state index is -2.85. The molecule has 0 saturated carbocycles. The Balaban J connectivity index is 2.58. The highest BCUT2D eigenvalue weighted by Crippen LogP contribution is 2.22. The summed E-state index contributed by atoms with van der Waals surface area (Å²) in [6, 6.07) is 12.3. The van der Waals surface area contributed by atoms with Crippen LogP contribution in [0.15, 0.2) is 42.6 Å². The van der Waals surface area contributed by atoms with Crippen molar-refractivity contribution in [1.82, 2.24) is 4.57 Å². The zero-order valence-corrected chi connectivity index (χ0v) is 14.1. The highest BCUT2D eigenvalue weighted by Gasteiger charge is 2.42. The monoisotopic (exact) mass is 305 g/mol. The quantitative estimate of drug-likeness (QED) is 0.737. The third-order valence-corrected chi connectivity index (χ3v) is 6.34. The molecule has 0 N–H and O–H groups in total. The molecule has 114 valence electrons. The normalized spacial score (nSPS) is 11.8. The molecule has 2 aromatic rings. The van der Waals surface area contributed by atoms with Crippen LogP contribution in [0.25, 0.3) is 11.3 Å². The molecule has 0 aliphatic rings. The Kier molecular flexibility index (Phi) is 5.36. The summed E-state index contributed by atoms with van der Waals surface area (Å²) in [6.07, 6.45) is 3.19. The Hall–Kier alpha value is -1.40. The Morgan fingerprint density at radius 2 is 1.62 bits per heavy atom. The molecular weight excluding hydrogens is 282 g/mol. The summed E-state index contributed by atoms with van der Waals surface area (Å²) < 4.78 is 19.2. The topological polar surface area (TPSA) is 32.6 Å². The van der Waals surface area contributed by atoms with E-state index < -0.39 is 8.80 Å². The first-order valence-corrected chi connectivity index (χ1v) is 8.85. The van der Waals surface area contributed by atoms with Crippen LogP contribution in [-0.2, 0) is 19.8 Å². The minimum Gasteiger partial charge on any atom is -0.373 e. The molecule has 21 heavy (non-hydrogen) atoms. The van der Waals surface area contributed by atoms with Crippen LogP contribution in [0, 0.1) is 0 Å². The highest BCUT2D eigenvalue weighted by molar-refractivity contribution is 6.76. The van der Waals surface area contributed by atoms with E-state index in [-0.39, 0.29) is 0 Å². The molecule has 0 bridgehead atoms. The predicted octanol–water partition coefficient (Wildman–Crippen LogP) is 2.65. The van der Waals surface area contributed by atoms with Gasteiger partial charge in [-0.1, -0.05) is 31.2 Å². The van der Waals surface area contributed by atoms with Crippen molar-refractivity contribution in [2.45, 2.75) is 19.9 Å². The lowest BCUT2D eigenvalue weighted by atomic mass is 10.1. The van der Waals surface area contributed by atoms with Gasteiger partial charge in [0.1, 0.15) is 0 Å². The molecule has 0 atom stereocenters. The van der Waals surface area contributed by atoms with Gasteiger partial charge in [0, 0.05) is 50.5 Å². The summed E-state index contributed by atoms with van der Waals surface area (Å²) >= 11 is 0. The summed E-state index contributed by atoms with van der Waals surface area (Å²) in [7, 11) is 2.07. The summed E-state index contributed by atoms with van der Waals surface area (Å²) in [4.78, 5) is 0. The third-order valence-electron chi connectivity index (χ3n) is 3.63. The third kappa shape index (κ3) is 2.96. The van der Waals surface area contributed by atoms with Crippen molar-refractivity contribution in [1.29, 1.82) is 0 Å². The largest absolute Gasteiger partial charge is 0.537 e. The lowest BCUT2D eigenvalue weighted by molar-refractivity contribution is 0.140. The molecule has 1 aromatic carbocycles. The smallest absolute Gasteiger partial charge is 0.373 e. The van der Waals surface area contributed by atoms with E-state index in [9.17, 15) is 0 Å². The second-order valence-corrected chi connectivity index (χ2v) is 7.68. The Morgan fingerprint density at radius 3 is 2.24 bits per heavy atom. The van der Waals surface area contributed by atoms with Crippen LogP contribution in [0.5, 0.6) is 0 Å². The van der Waals surface area contributed by atoms with E-state index in [1.165, 1.54) is 0 Å². The van der Waals surface area contributed by atoms with Crippen LogP contribution in [0.4, 0.5) is 0 Å². The Morgan fingerprint density at radius 1 is 0.952 bits per heavy atom. The summed E-state index contributed by atoms with van der Waals surface area (Å²) in [5, 5.41) is 0.994. The zero-order chi connectivity index (χ0) is 15.3. The average Bonchev–Trinajstić information content (AvgIpc) is 2.99. The number of aromatic nitrogens is 1. The molecule has 0 spiro atoms. The number of hydrogen-bond donors (Lipinski definition) is 0. The predicted molar refractivity (Wildman–Crippen MR) is 86.6 cm³/mol. The van der Waals surface area contributed by atoms with Gasteiger partial charge in [0.05, 0.1) is 0 Å². The van der Waals surface area contributed by atoms with Gasteiger partial charge in [-0.25, -0.2) is 0 Å². The van der Waals surface area contributed by atoms with Crippen LogP contribution < -0.4 is 5.19 Å². The number of nitrogens with zero attached hydrogens (tertiary/aromatic N) is 1. The molecule has 0 aliphatic heterocycles. The van der Waals surface area contributed by atoms with Gasteiger partial charge in [0.15, 0.2) is 0 Å². The molecule has 0 unspecified atom stereocenters. The van der Waals surface area contributed by atoms with E-state index in [1.807, 2.05) is 18.2 Å². The van der Waals surface area contributed by atoms with Gasteiger partial charge in [-0.05, 0) is 18.6 Å². The van der Waals surface area contributed by atoms with Gasteiger partial charge in [0.2, 0.25) is 0 Å². The van der Waals surface area contributed by atoms with Crippen LogP contribution >= 0.6 is 0 Å². The first kappa shape index (κ1) is 16.0. The Labute approximate surface area is 127 Å². The molecule has 0 radical (unpaired) electrons. The standard InChI is InChI=1S/C16H23NO3Si/c1-5-12-17-13-8-10-15(17)14-9-6-7-11-16(14)21(18-2,19-3)20-4/h6-11,13H,5,12H2,1-4H3. The van der Waals surface area contributed by atoms with E-state index in [0.717, 1.165) is 29.4 Å². The molecule has 0 aliphatic carbocycles. The van der Waals surface area contributed by atoms with Crippen LogP contribution in [-0.4, -0.2) is 34.7 Å². The van der Waals surface area contributed by atoms with Gasteiger partial charge < -0.3 is 17.8 Å². The fourth-order valence-corrected chi connectivity index (χ4v) is 4.65. The van der Waals surface area contributed by atoms with Gasteiger partial charge in [-0.2, -0.15) is 0 Å². The molecule has 0 amide bonds. The Bertz CT molecular complexity index is 570. The number of benzene rings is 1. The van der Waals surface area contributed by atoms with E-state index in [2.05, 4.69) is 35.9 Å². The van der Waals surface area contributed by atoms with Crippen molar-refractivity contribution in [3.8, 4) is 11.3 Å². The van der Waals surface area contributed by atoms with Crippen molar-refractivity contribution in [2.24, 2.45) is 0 Å². The van der Waals surface area contributed by atoms with Gasteiger partial charge in [-0.15, -0.1) is 0 Å². The van der Waals surface area contributed by atoms with Crippen molar-refractivity contribution in [3.05, 3.63) is 42.6 Å². The van der Waals surface area contributed by atoms with Crippen LogP contribution in [0.3, 0.4) is 0 Å². The van der Waals surface area contributed by atoms with Crippen LogP contribution in [0.1, 0.15) is 13.3 Å². The fourth-order valence-electron chi connectivity index (χ4n) is 2.65. The number of rotatable bonds is 7. The van der Waals surface area contributed by atoms with Crippen molar-refractivity contribution >= 4 is 14.0 Å². The van der Waals surface area contributed by atoms with Gasteiger partial charge >= 0.3 is 8.80 Å². The van der Waals surface area contributed by atoms with Crippen LogP contribution in [0.2, 0.25) is 0 Å². The van der Waals surface area contributed by atoms with Crippen molar-refractivity contribution in [3.63, 3.8) is 0 Å². The molecule has 1 aromatic heterocycles. The average molecular weight is 305 g/mol. The van der Waals surface area contributed by atoms with Gasteiger partial charge in [0.25, 0.3) is 0 Å². The van der Waals surface area contributed by atoms with Crippen molar-refractivity contribution < 1.29 is 13.3 Å². The first-order valence-electron chi connectivity index (χ1n) is 7.12. The van der Waals surface area contributed by atoms with Gasteiger partial charge in [-0.3, -0.25) is 0 Å². The highest BCUT2D eigenvalue weighted by atomic mass is 28.4. The number of aryl methyl sites for hydroxylation is 1. The lowest BCUT2D eigenvalue weighted by Crippen LogP contribution is -2.55. The maximum atomic E-state index is 5.65. The molecule has 5 heteroatoms. The number of hydrogen-bond acceptors (Lipinski definition) is 3. The zero-order valence-electron chi connectivity index (χ0n) is 13.1. The second kappa shape index (κ2) is 7.04. The molecule has 2 rings (SSSR count). The maximum absolute atomic E-state index is 5.65. The second-order valence-electron chi connectivity index (χ2n) is 4.80. The summed E-state index contributed by atoms with van der Waals surface area (Å²) in [5.41, 5.74) is 2.27. The molecule has 0 fully saturated rings. The molecular formula is C16H23NO3Si. The summed E-state index contributed by atoms with van der Waals surface area (Å²) in [6.45, 7) is 3.16. The fraction of sp³-hybridized carbons (Fsp3) is 0.375. The molecule has 1 heterocycles. The molecule has 4 nitrogen and oxygen atoms in total.